The maximum atomic E-state index is 12.1. The van der Waals surface area contributed by atoms with Crippen LogP contribution in [0.2, 0.25) is 0 Å². The summed E-state index contributed by atoms with van der Waals surface area (Å²) in [5.41, 5.74) is -1.50. The van der Waals surface area contributed by atoms with E-state index in [2.05, 4.69) is 0 Å². The lowest BCUT2D eigenvalue weighted by Gasteiger charge is -2.22. The molecular formula is C12H16N2O6. The van der Waals surface area contributed by atoms with Gasteiger partial charge in [0.2, 0.25) is 0 Å². The number of esters is 1. The number of ether oxygens (including phenoxy) is 1. The Bertz CT molecular complexity index is 496. The van der Waals surface area contributed by atoms with Gasteiger partial charge < -0.3 is 4.74 Å². The van der Waals surface area contributed by atoms with Crippen LogP contribution < -0.4 is 0 Å². The second-order valence-electron chi connectivity index (χ2n) is 4.81. The van der Waals surface area contributed by atoms with Crippen molar-refractivity contribution in [3.05, 3.63) is 0 Å². The molecule has 1 fully saturated rings. The summed E-state index contributed by atoms with van der Waals surface area (Å²) in [6.45, 7) is 3.74. The Balaban J connectivity index is 2.86. The third-order valence-corrected chi connectivity index (χ3v) is 3.04. The minimum absolute atomic E-state index is 0.109. The maximum absolute atomic E-state index is 12.1. The van der Waals surface area contributed by atoms with Crippen LogP contribution in [-0.4, -0.2) is 59.6 Å². The molecular weight excluding hydrogens is 268 g/mol. The molecule has 4 amide bonds. The summed E-state index contributed by atoms with van der Waals surface area (Å²) in [5, 5.41) is 0. The van der Waals surface area contributed by atoms with Gasteiger partial charge in [0.25, 0.3) is 0 Å². The highest BCUT2D eigenvalue weighted by atomic mass is 16.5. The molecule has 0 bridgehead atoms. The monoisotopic (exact) mass is 284 g/mol. The molecule has 1 saturated heterocycles. The van der Waals surface area contributed by atoms with E-state index in [9.17, 15) is 24.0 Å². The number of ketones is 1. The molecule has 0 N–H and O–H groups in total. The fourth-order valence-corrected chi connectivity index (χ4v) is 1.52. The lowest BCUT2D eigenvalue weighted by Crippen LogP contribution is -2.44. The number of urea groups is 1. The average Bonchev–Trinajstić information content (AvgIpc) is 2.56. The van der Waals surface area contributed by atoms with Crippen LogP contribution in [0.15, 0.2) is 0 Å². The number of carbonyl (C=O) groups excluding carboxylic acids is 5. The summed E-state index contributed by atoms with van der Waals surface area (Å²) in [6.07, 6.45) is 0. The zero-order valence-electron chi connectivity index (χ0n) is 11.8. The lowest BCUT2D eigenvalue weighted by molar-refractivity contribution is -0.158. The Labute approximate surface area is 115 Å². The second-order valence-corrected chi connectivity index (χ2v) is 4.81. The van der Waals surface area contributed by atoms with Crippen LogP contribution in [0, 0.1) is 5.41 Å². The van der Waals surface area contributed by atoms with Gasteiger partial charge in [0, 0.05) is 7.05 Å². The summed E-state index contributed by atoms with van der Waals surface area (Å²) in [7, 11) is 1.14. The first-order chi connectivity index (χ1) is 9.14. The van der Waals surface area contributed by atoms with Crippen molar-refractivity contribution < 1.29 is 28.7 Å². The smallest absolute Gasteiger partial charge is 0.334 e. The topological polar surface area (TPSA) is 101 Å². The number of imide groups is 2. The first-order valence-electron chi connectivity index (χ1n) is 5.98. The summed E-state index contributed by atoms with van der Waals surface area (Å²) < 4.78 is 4.76. The van der Waals surface area contributed by atoms with Crippen molar-refractivity contribution >= 4 is 29.6 Å². The fourth-order valence-electron chi connectivity index (χ4n) is 1.52. The van der Waals surface area contributed by atoms with Crippen LogP contribution in [-0.2, 0) is 23.9 Å². The van der Waals surface area contributed by atoms with Gasteiger partial charge in [0.15, 0.2) is 5.78 Å². The third-order valence-electron chi connectivity index (χ3n) is 3.04. The van der Waals surface area contributed by atoms with Crippen LogP contribution in [0.4, 0.5) is 4.79 Å². The van der Waals surface area contributed by atoms with Crippen LogP contribution in [0.25, 0.3) is 0 Å². The molecule has 1 aliphatic heterocycles. The molecule has 1 rings (SSSR count). The lowest BCUT2D eigenvalue weighted by atomic mass is 9.88. The zero-order valence-corrected chi connectivity index (χ0v) is 11.8. The molecule has 0 aromatic heterocycles. The molecule has 0 saturated carbocycles. The highest BCUT2D eigenvalue weighted by Gasteiger charge is 2.46. The van der Waals surface area contributed by atoms with Gasteiger partial charge in [-0.15, -0.1) is 0 Å². The first kappa shape index (κ1) is 15.8. The predicted octanol–water partition coefficient (Wildman–Crippen LogP) is -0.435. The normalized spacial score (nSPS) is 15.9. The molecule has 0 radical (unpaired) electrons. The van der Waals surface area contributed by atoms with Crippen molar-refractivity contribution in [1.29, 1.82) is 0 Å². The van der Waals surface area contributed by atoms with E-state index in [1.807, 2.05) is 0 Å². The van der Waals surface area contributed by atoms with Gasteiger partial charge in [-0.3, -0.25) is 24.1 Å². The summed E-state index contributed by atoms with van der Waals surface area (Å²) >= 11 is 0. The van der Waals surface area contributed by atoms with Crippen molar-refractivity contribution in [2.24, 2.45) is 5.41 Å². The van der Waals surface area contributed by atoms with Crippen LogP contribution in [0.1, 0.15) is 20.8 Å². The Morgan fingerprint density at radius 3 is 2.10 bits per heavy atom. The van der Waals surface area contributed by atoms with E-state index < -0.39 is 41.6 Å². The molecule has 1 heterocycles. The van der Waals surface area contributed by atoms with Crippen molar-refractivity contribution in [2.75, 3.05) is 20.2 Å². The van der Waals surface area contributed by atoms with Crippen molar-refractivity contribution in [3.8, 4) is 0 Å². The number of hydrogen-bond donors (Lipinski definition) is 0. The number of carbonyl (C=O) groups is 5. The molecule has 20 heavy (non-hydrogen) atoms. The largest absolute Gasteiger partial charge is 0.465 e. The first-order valence-corrected chi connectivity index (χ1v) is 5.98. The SMILES string of the molecule is CCOC(=O)C(C)(C)C(=O)CN1C(=O)C(=O)N(C)C1=O. The Morgan fingerprint density at radius 2 is 1.70 bits per heavy atom. The summed E-state index contributed by atoms with van der Waals surface area (Å²) in [5.74, 6) is -3.51. The molecule has 0 aromatic rings. The van der Waals surface area contributed by atoms with Gasteiger partial charge in [0.1, 0.15) is 5.41 Å². The van der Waals surface area contributed by atoms with E-state index in [1.165, 1.54) is 13.8 Å². The number of likely N-dealkylation sites (N-methyl/N-ethyl adjacent to an activating group) is 1. The van der Waals surface area contributed by atoms with E-state index in [0.29, 0.717) is 9.80 Å². The van der Waals surface area contributed by atoms with E-state index in [1.54, 1.807) is 6.92 Å². The Kier molecular flexibility index (Phi) is 4.26. The highest BCUT2D eigenvalue weighted by molar-refractivity contribution is 6.45. The van der Waals surface area contributed by atoms with Crippen LogP contribution in [0.3, 0.4) is 0 Å². The summed E-state index contributed by atoms with van der Waals surface area (Å²) in [4.78, 5) is 59.3. The minimum atomic E-state index is -1.50. The molecule has 8 nitrogen and oxygen atoms in total. The highest BCUT2D eigenvalue weighted by Crippen LogP contribution is 2.21. The summed E-state index contributed by atoms with van der Waals surface area (Å²) in [6, 6.07) is -0.881. The Morgan fingerprint density at radius 1 is 1.15 bits per heavy atom. The number of amides is 4. The molecule has 0 aliphatic carbocycles. The van der Waals surface area contributed by atoms with Gasteiger partial charge in [-0.1, -0.05) is 0 Å². The number of Topliss-reactive ketones (excluding diaryl/α,β-unsaturated/α-hetero) is 1. The van der Waals surface area contributed by atoms with Gasteiger partial charge in [-0.05, 0) is 20.8 Å². The van der Waals surface area contributed by atoms with Gasteiger partial charge in [-0.2, -0.15) is 0 Å². The van der Waals surface area contributed by atoms with E-state index in [0.717, 1.165) is 7.05 Å². The van der Waals surface area contributed by atoms with Crippen molar-refractivity contribution in [3.63, 3.8) is 0 Å². The molecule has 0 aromatic carbocycles. The van der Waals surface area contributed by atoms with E-state index in [4.69, 9.17) is 4.74 Å². The van der Waals surface area contributed by atoms with Crippen molar-refractivity contribution in [1.82, 2.24) is 9.80 Å². The van der Waals surface area contributed by atoms with Crippen LogP contribution >= 0.6 is 0 Å². The van der Waals surface area contributed by atoms with E-state index >= 15 is 0 Å². The molecule has 8 heteroatoms. The van der Waals surface area contributed by atoms with E-state index in [-0.39, 0.29) is 6.61 Å². The zero-order chi connectivity index (χ0) is 15.7. The molecule has 1 aliphatic rings. The average molecular weight is 284 g/mol. The van der Waals surface area contributed by atoms with Gasteiger partial charge >= 0.3 is 23.8 Å². The molecule has 0 atom stereocenters. The standard InChI is InChI=1S/C12H16N2O6/c1-5-20-10(18)12(2,3)7(15)6-14-9(17)8(16)13(4)11(14)19/h5-6H2,1-4H3. The number of nitrogens with zero attached hydrogens (tertiary/aromatic N) is 2. The van der Waals surface area contributed by atoms with Gasteiger partial charge in [-0.25, -0.2) is 9.69 Å². The minimum Gasteiger partial charge on any atom is -0.465 e. The second kappa shape index (κ2) is 5.40. The van der Waals surface area contributed by atoms with Gasteiger partial charge in [0.05, 0.1) is 13.2 Å². The van der Waals surface area contributed by atoms with Crippen molar-refractivity contribution in [2.45, 2.75) is 20.8 Å². The third kappa shape index (κ3) is 2.54. The maximum Gasteiger partial charge on any atom is 0.334 e. The van der Waals surface area contributed by atoms with Crippen LogP contribution in [0.5, 0.6) is 0 Å². The quantitative estimate of drug-likeness (QED) is 0.294. The molecule has 0 unspecified atom stereocenters. The number of rotatable bonds is 5. The fraction of sp³-hybridized carbons (Fsp3) is 0.583. The number of hydrogen-bond acceptors (Lipinski definition) is 6. The predicted molar refractivity (Wildman–Crippen MR) is 65.3 cm³/mol. The molecule has 110 valence electrons. The Hall–Kier alpha value is -2.25. The molecule has 0 spiro atoms.